The molecule has 2 aromatic carbocycles. The monoisotopic (exact) mass is 324 g/mol. The number of carbonyl (C=O) groups excluding carboxylic acids is 1. The summed E-state index contributed by atoms with van der Waals surface area (Å²) in [6.45, 7) is 0.250. The minimum atomic E-state index is -0.189. The molecule has 0 aliphatic rings. The Morgan fingerprint density at radius 2 is 1.90 bits per heavy atom. The van der Waals surface area contributed by atoms with E-state index in [2.05, 4.69) is 5.32 Å². The van der Waals surface area contributed by atoms with Gasteiger partial charge in [0.15, 0.2) is 0 Å². The Labute approximate surface area is 132 Å². The van der Waals surface area contributed by atoms with Crippen molar-refractivity contribution in [1.82, 2.24) is 0 Å². The van der Waals surface area contributed by atoms with Gasteiger partial charge in [0.05, 0.1) is 24.4 Å². The van der Waals surface area contributed by atoms with Crippen LogP contribution in [-0.2, 0) is 4.79 Å². The fourth-order valence-electron chi connectivity index (χ4n) is 1.68. The first-order valence-corrected chi connectivity index (χ1v) is 7.03. The van der Waals surface area contributed by atoms with Gasteiger partial charge in [-0.05, 0) is 36.4 Å². The van der Waals surface area contributed by atoms with Crippen LogP contribution in [0.4, 0.5) is 11.4 Å². The quantitative estimate of drug-likeness (QED) is 0.817. The van der Waals surface area contributed by atoms with Crippen LogP contribution in [0.2, 0.25) is 10.0 Å². The smallest absolute Gasteiger partial charge is 0.227 e. The SMILES string of the molecule is Nc1cc(Cl)ccc1NC(=O)CCOc1cccc(Cl)c1. The standard InChI is InChI=1S/C15H14Cl2N2O2/c16-10-2-1-3-12(8-10)21-7-6-15(20)19-14-5-4-11(17)9-13(14)18/h1-5,8-9H,6-7,18H2,(H,19,20). The Morgan fingerprint density at radius 1 is 1.14 bits per heavy atom. The van der Waals surface area contributed by atoms with Gasteiger partial charge in [-0.2, -0.15) is 0 Å². The molecule has 0 atom stereocenters. The summed E-state index contributed by atoms with van der Waals surface area (Å²) >= 11 is 11.6. The molecule has 1 amide bonds. The van der Waals surface area contributed by atoms with Crippen molar-refractivity contribution in [2.75, 3.05) is 17.7 Å². The summed E-state index contributed by atoms with van der Waals surface area (Å²) in [4.78, 5) is 11.8. The van der Waals surface area contributed by atoms with Crippen molar-refractivity contribution in [3.05, 3.63) is 52.5 Å². The second-order valence-corrected chi connectivity index (χ2v) is 5.21. The second kappa shape index (κ2) is 7.20. The molecule has 3 N–H and O–H groups in total. The highest BCUT2D eigenvalue weighted by Gasteiger charge is 2.06. The molecule has 0 aromatic heterocycles. The molecule has 0 heterocycles. The van der Waals surface area contributed by atoms with Gasteiger partial charge in [-0.25, -0.2) is 0 Å². The molecule has 4 nitrogen and oxygen atoms in total. The highest BCUT2D eigenvalue weighted by atomic mass is 35.5. The molecular weight excluding hydrogens is 311 g/mol. The summed E-state index contributed by atoms with van der Waals surface area (Å²) in [5.74, 6) is 0.437. The fourth-order valence-corrected chi connectivity index (χ4v) is 2.04. The molecule has 0 radical (unpaired) electrons. The number of nitrogen functional groups attached to an aromatic ring is 1. The maximum Gasteiger partial charge on any atom is 0.227 e. The molecule has 0 saturated carbocycles. The number of rotatable bonds is 5. The van der Waals surface area contributed by atoms with E-state index in [9.17, 15) is 4.79 Å². The topological polar surface area (TPSA) is 64.3 Å². The van der Waals surface area contributed by atoms with Gasteiger partial charge in [0.2, 0.25) is 5.91 Å². The van der Waals surface area contributed by atoms with E-state index in [0.717, 1.165) is 0 Å². The molecule has 0 saturated heterocycles. The van der Waals surface area contributed by atoms with Crippen molar-refractivity contribution in [2.45, 2.75) is 6.42 Å². The van der Waals surface area contributed by atoms with Crippen LogP contribution in [0.15, 0.2) is 42.5 Å². The van der Waals surface area contributed by atoms with Gasteiger partial charge in [0.1, 0.15) is 5.75 Å². The van der Waals surface area contributed by atoms with Gasteiger partial charge in [-0.1, -0.05) is 29.3 Å². The molecule has 0 aliphatic heterocycles. The molecule has 0 spiro atoms. The number of ether oxygens (including phenoxy) is 1. The molecule has 0 aliphatic carbocycles. The lowest BCUT2D eigenvalue weighted by Crippen LogP contribution is -2.16. The zero-order chi connectivity index (χ0) is 15.2. The van der Waals surface area contributed by atoms with E-state index in [4.69, 9.17) is 33.7 Å². The average Bonchev–Trinajstić information content (AvgIpc) is 2.42. The molecule has 0 bridgehead atoms. The van der Waals surface area contributed by atoms with E-state index in [1.165, 1.54) is 0 Å². The largest absolute Gasteiger partial charge is 0.493 e. The van der Waals surface area contributed by atoms with Crippen LogP contribution in [-0.4, -0.2) is 12.5 Å². The van der Waals surface area contributed by atoms with Crippen molar-refractivity contribution in [1.29, 1.82) is 0 Å². The molecular formula is C15H14Cl2N2O2. The van der Waals surface area contributed by atoms with Gasteiger partial charge in [0, 0.05) is 10.0 Å². The molecule has 0 fully saturated rings. The Morgan fingerprint density at radius 3 is 2.62 bits per heavy atom. The van der Waals surface area contributed by atoms with Crippen LogP contribution in [0.25, 0.3) is 0 Å². The van der Waals surface area contributed by atoms with Crippen molar-refractivity contribution in [3.8, 4) is 5.75 Å². The van der Waals surface area contributed by atoms with Gasteiger partial charge in [-0.3, -0.25) is 4.79 Å². The van der Waals surface area contributed by atoms with E-state index < -0.39 is 0 Å². The van der Waals surface area contributed by atoms with Crippen LogP contribution < -0.4 is 15.8 Å². The number of nitrogens with one attached hydrogen (secondary N) is 1. The van der Waals surface area contributed by atoms with Crippen molar-refractivity contribution in [3.63, 3.8) is 0 Å². The highest BCUT2D eigenvalue weighted by Crippen LogP contribution is 2.22. The minimum Gasteiger partial charge on any atom is -0.493 e. The Bertz CT molecular complexity index is 647. The Hall–Kier alpha value is -1.91. The van der Waals surface area contributed by atoms with Crippen molar-refractivity contribution in [2.24, 2.45) is 0 Å². The summed E-state index contributed by atoms with van der Waals surface area (Å²) in [5.41, 5.74) is 6.72. The highest BCUT2D eigenvalue weighted by molar-refractivity contribution is 6.31. The number of hydrogen-bond donors (Lipinski definition) is 2. The Kier molecular flexibility index (Phi) is 5.31. The van der Waals surface area contributed by atoms with E-state index in [0.29, 0.717) is 27.2 Å². The summed E-state index contributed by atoms with van der Waals surface area (Å²) in [5, 5.41) is 3.82. The summed E-state index contributed by atoms with van der Waals surface area (Å²) < 4.78 is 5.45. The average molecular weight is 325 g/mol. The molecule has 0 unspecified atom stereocenters. The number of hydrogen-bond acceptors (Lipinski definition) is 3. The van der Waals surface area contributed by atoms with Gasteiger partial charge < -0.3 is 15.8 Å². The molecule has 6 heteroatoms. The predicted octanol–water partition coefficient (Wildman–Crippen LogP) is 3.98. The molecule has 2 aromatic rings. The van der Waals surface area contributed by atoms with E-state index in [-0.39, 0.29) is 18.9 Å². The minimum absolute atomic E-state index is 0.189. The number of carbonyl (C=O) groups is 1. The first kappa shape index (κ1) is 15.5. The number of benzene rings is 2. The number of nitrogens with two attached hydrogens (primary N) is 1. The van der Waals surface area contributed by atoms with Crippen LogP contribution in [0.1, 0.15) is 6.42 Å². The van der Waals surface area contributed by atoms with Crippen LogP contribution in [0.3, 0.4) is 0 Å². The first-order valence-electron chi connectivity index (χ1n) is 6.28. The van der Waals surface area contributed by atoms with E-state index in [1.807, 2.05) is 0 Å². The zero-order valence-corrected chi connectivity index (χ0v) is 12.6. The molecule has 21 heavy (non-hydrogen) atoms. The second-order valence-electron chi connectivity index (χ2n) is 4.34. The first-order chi connectivity index (χ1) is 10.0. The third-order valence-corrected chi connectivity index (χ3v) is 3.15. The van der Waals surface area contributed by atoms with Crippen molar-refractivity contribution >= 4 is 40.5 Å². The predicted molar refractivity (Wildman–Crippen MR) is 86.1 cm³/mol. The van der Waals surface area contributed by atoms with Gasteiger partial charge in [-0.15, -0.1) is 0 Å². The van der Waals surface area contributed by atoms with Crippen LogP contribution in [0.5, 0.6) is 5.75 Å². The van der Waals surface area contributed by atoms with E-state index in [1.54, 1.807) is 42.5 Å². The zero-order valence-electron chi connectivity index (χ0n) is 11.1. The third-order valence-electron chi connectivity index (χ3n) is 2.68. The van der Waals surface area contributed by atoms with Gasteiger partial charge >= 0.3 is 0 Å². The summed E-state index contributed by atoms with van der Waals surface area (Å²) in [6.07, 6.45) is 0.203. The summed E-state index contributed by atoms with van der Waals surface area (Å²) in [7, 11) is 0. The third kappa shape index (κ3) is 4.85. The van der Waals surface area contributed by atoms with E-state index >= 15 is 0 Å². The number of anilines is 2. The maximum atomic E-state index is 11.8. The summed E-state index contributed by atoms with van der Waals surface area (Å²) in [6, 6.07) is 11.9. The van der Waals surface area contributed by atoms with Gasteiger partial charge in [0.25, 0.3) is 0 Å². The molecule has 110 valence electrons. The van der Waals surface area contributed by atoms with Crippen molar-refractivity contribution < 1.29 is 9.53 Å². The maximum absolute atomic E-state index is 11.8. The van der Waals surface area contributed by atoms with Crippen LogP contribution in [0, 0.1) is 0 Å². The lowest BCUT2D eigenvalue weighted by Gasteiger charge is -2.09. The lowest BCUT2D eigenvalue weighted by atomic mass is 10.2. The lowest BCUT2D eigenvalue weighted by molar-refractivity contribution is -0.116. The Balaban J connectivity index is 1.82. The normalized spacial score (nSPS) is 10.2. The fraction of sp³-hybridized carbons (Fsp3) is 0.133. The van der Waals surface area contributed by atoms with Crippen LogP contribution >= 0.6 is 23.2 Å². The molecule has 2 rings (SSSR count). The number of halogens is 2. The number of amides is 1.